The molecule has 2 rings (SSSR count). The van der Waals surface area contributed by atoms with Crippen molar-refractivity contribution in [3.8, 4) is 5.75 Å². The Balaban J connectivity index is 2.14. The van der Waals surface area contributed by atoms with Crippen molar-refractivity contribution < 1.29 is 26.7 Å². The summed E-state index contributed by atoms with van der Waals surface area (Å²) < 4.78 is 52.4. The van der Waals surface area contributed by atoms with Gasteiger partial charge in [-0.25, -0.2) is 22.3 Å². The van der Waals surface area contributed by atoms with Crippen LogP contribution in [0.1, 0.15) is 5.56 Å². The summed E-state index contributed by atoms with van der Waals surface area (Å²) >= 11 is 0. The molecule has 0 aromatic heterocycles. The van der Waals surface area contributed by atoms with Gasteiger partial charge >= 0.3 is 0 Å². The molecule has 9 heteroatoms. The van der Waals surface area contributed by atoms with Crippen LogP contribution in [-0.4, -0.2) is 45.3 Å². The smallest absolute Gasteiger partial charge is 0.263 e. The summed E-state index contributed by atoms with van der Waals surface area (Å²) in [7, 11) is -2.58. The molecule has 1 aromatic rings. The van der Waals surface area contributed by atoms with Gasteiger partial charge in [0, 0.05) is 13.5 Å². The molecule has 0 saturated carbocycles. The number of primary sulfonamides is 1. The van der Waals surface area contributed by atoms with E-state index in [4.69, 9.17) is 9.88 Å². The third-order valence-electron chi connectivity index (χ3n) is 3.10. The van der Waals surface area contributed by atoms with Gasteiger partial charge in [0.25, 0.3) is 12.3 Å². The average Bonchev–Trinajstić information content (AvgIpc) is 2.78. The highest BCUT2D eigenvalue weighted by Crippen LogP contribution is 2.31. The van der Waals surface area contributed by atoms with Gasteiger partial charge in [0.15, 0.2) is 6.10 Å². The monoisotopic (exact) mass is 320 g/mol. The van der Waals surface area contributed by atoms with Crippen LogP contribution < -0.4 is 9.88 Å². The molecule has 116 valence electrons. The lowest BCUT2D eigenvalue weighted by atomic mass is 10.1. The fourth-order valence-corrected chi connectivity index (χ4v) is 2.65. The fraction of sp³-hybridized carbons (Fsp3) is 0.417. The predicted octanol–water partition coefficient (Wildman–Crippen LogP) is 0.361. The zero-order valence-electron chi connectivity index (χ0n) is 11.1. The van der Waals surface area contributed by atoms with Gasteiger partial charge in [-0.2, -0.15) is 0 Å². The van der Waals surface area contributed by atoms with Crippen molar-refractivity contribution in [1.82, 2.24) is 4.90 Å². The van der Waals surface area contributed by atoms with Crippen LogP contribution in [0.5, 0.6) is 5.75 Å². The average molecular weight is 320 g/mol. The molecule has 0 bridgehead atoms. The largest absolute Gasteiger partial charge is 0.480 e. The van der Waals surface area contributed by atoms with E-state index in [1.165, 1.54) is 25.2 Å². The molecule has 1 unspecified atom stereocenters. The lowest BCUT2D eigenvalue weighted by molar-refractivity contribution is -0.138. The van der Waals surface area contributed by atoms with E-state index >= 15 is 0 Å². The second kappa shape index (κ2) is 5.57. The zero-order chi connectivity index (χ0) is 15.8. The third kappa shape index (κ3) is 3.48. The molecular weight excluding hydrogens is 306 g/mol. The number of fused-ring (bicyclic) bond motifs is 1. The maximum atomic E-state index is 12.3. The zero-order valence-corrected chi connectivity index (χ0v) is 11.9. The second-order valence-corrected chi connectivity index (χ2v) is 6.30. The van der Waals surface area contributed by atoms with Gasteiger partial charge in [0.1, 0.15) is 5.75 Å². The highest BCUT2D eigenvalue weighted by molar-refractivity contribution is 7.89. The highest BCUT2D eigenvalue weighted by Gasteiger charge is 2.32. The first-order valence-electron chi connectivity index (χ1n) is 6.04. The molecule has 1 aliphatic rings. The van der Waals surface area contributed by atoms with E-state index in [9.17, 15) is 22.0 Å². The first-order chi connectivity index (χ1) is 9.68. The van der Waals surface area contributed by atoms with E-state index in [-0.39, 0.29) is 11.3 Å². The molecule has 0 aliphatic carbocycles. The van der Waals surface area contributed by atoms with Crippen LogP contribution >= 0.6 is 0 Å². The molecule has 6 nitrogen and oxygen atoms in total. The maximum Gasteiger partial charge on any atom is 0.263 e. The Morgan fingerprint density at radius 1 is 1.52 bits per heavy atom. The minimum Gasteiger partial charge on any atom is -0.480 e. The third-order valence-corrected chi connectivity index (χ3v) is 4.01. The molecule has 2 N–H and O–H groups in total. The molecule has 1 atom stereocenters. The summed E-state index contributed by atoms with van der Waals surface area (Å²) in [6, 6.07) is 3.99. The molecule has 1 amide bonds. The summed E-state index contributed by atoms with van der Waals surface area (Å²) in [5, 5.41) is 5.02. The normalized spacial score (nSPS) is 17.5. The number of carbonyl (C=O) groups is 1. The van der Waals surface area contributed by atoms with Crippen LogP contribution in [0.2, 0.25) is 0 Å². The summed E-state index contributed by atoms with van der Waals surface area (Å²) in [5.41, 5.74) is 0.505. The molecule has 0 radical (unpaired) electrons. The minimum absolute atomic E-state index is 0.0844. The second-order valence-electron chi connectivity index (χ2n) is 4.74. The van der Waals surface area contributed by atoms with Crippen LogP contribution in [-0.2, 0) is 21.2 Å². The van der Waals surface area contributed by atoms with E-state index in [0.717, 1.165) is 4.90 Å². The Hall–Kier alpha value is -1.74. The van der Waals surface area contributed by atoms with Crippen LogP contribution in [0, 0.1) is 0 Å². The van der Waals surface area contributed by atoms with E-state index in [1.807, 2.05) is 0 Å². The number of carbonyl (C=O) groups excluding carboxylic acids is 1. The summed E-state index contributed by atoms with van der Waals surface area (Å²) in [6.45, 7) is -0.683. The van der Waals surface area contributed by atoms with E-state index in [2.05, 4.69) is 0 Å². The molecule has 1 heterocycles. The Morgan fingerprint density at radius 3 is 2.76 bits per heavy atom. The number of nitrogens with two attached hydrogens (primary N) is 1. The number of benzene rings is 1. The summed E-state index contributed by atoms with van der Waals surface area (Å²) in [4.78, 5) is 12.8. The van der Waals surface area contributed by atoms with E-state index < -0.39 is 35.0 Å². The number of alkyl halides is 2. The summed E-state index contributed by atoms with van der Waals surface area (Å²) in [6.07, 6.45) is -3.44. The van der Waals surface area contributed by atoms with Crippen LogP contribution in [0.4, 0.5) is 8.78 Å². The Morgan fingerprint density at radius 2 is 2.19 bits per heavy atom. The molecular formula is C12H14F2N2O4S. The number of sulfonamides is 1. The van der Waals surface area contributed by atoms with E-state index in [0.29, 0.717) is 11.3 Å². The van der Waals surface area contributed by atoms with Gasteiger partial charge in [-0.15, -0.1) is 0 Å². The van der Waals surface area contributed by atoms with Crippen molar-refractivity contribution in [2.75, 3.05) is 13.6 Å². The SMILES string of the molecule is CN(CC(F)F)C(=O)C1Cc2cc(S(N)(=O)=O)ccc2O1. The molecule has 0 spiro atoms. The molecule has 1 aromatic carbocycles. The topological polar surface area (TPSA) is 89.7 Å². The van der Waals surface area contributed by atoms with Crippen molar-refractivity contribution >= 4 is 15.9 Å². The first-order valence-corrected chi connectivity index (χ1v) is 7.58. The van der Waals surface area contributed by atoms with Crippen LogP contribution in [0.3, 0.4) is 0 Å². The molecule has 21 heavy (non-hydrogen) atoms. The number of hydrogen-bond acceptors (Lipinski definition) is 4. The van der Waals surface area contributed by atoms with Crippen molar-refractivity contribution in [1.29, 1.82) is 0 Å². The fourth-order valence-electron chi connectivity index (χ4n) is 2.08. The predicted molar refractivity (Wildman–Crippen MR) is 69.6 cm³/mol. The lowest BCUT2D eigenvalue weighted by Gasteiger charge is -2.20. The Bertz CT molecular complexity index is 663. The van der Waals surface area contributed by atoms with Crippen molar-refractivity contribution in [2.45, 2.75) is 23.8 Å². The minimum atomic E-state index is -3.84. The Kier molecular flexibility index (Phi) is 4.15. The van der Waals surface area contributed by atoms with Gasteiger partial charge in [-0.05, 0) is 23.8 Å². The van der Waals surface area contributed by atoms with Crippen molar-refractivity contribution in [3.05, 3.63) is 23.8 Å². The van der Waals surface area contributed by atoms with Crippen LogP contribution in [0.15, 0.2) is 23.1 Å². The quantitative estimate of drug-likeness (QED) is 0.867. The number of ether oxygens (including phenoxy) is 1. The van der Waals surface area contributed by atoms with Crippen molar-refractivity contribution in [3.63, 3.8) is 0 Å². The standard InChI is InChI=1S/C12H14F2N2O4S/c1-16(6-11(13)14)12(17)10-5-7-4-8(21(15,18)19)2-3-9(7)20-10/h2-4,10-11H,5-6H2,1H3,(H2,15,18,19). The highest BCUT2D eigenvalue weighted by atomic mass is 32.2. The number of halogens is 2. The molecule has 1 aliphatic heterocycles. The number of rotatable bonds is 4. The van der Waals surface area contributed by atoms with Gasteiger partial charge in [0.05, 0.1) is 11.4 Å². The number of nitrogens with zero attached hydrogens (tertiary/aromatic N) is 1. The maximum absolute atomic E-state index is 12.3. The van der Waals surface area contributed by atoms with E-state index in [1.54, 1.807) is 0 Å². The lowest BCUT2D eigenvalue weighted by Crippen LogP contribution is -2.41. The molecule has 0 saturated heterocycles. The van der Waals surface area contributed by atoms with Crippen LogP contribution in [0.25, 0.3) is 0 Å². The van der Waals surface area contributed by atoms with Gasteiger partial charge in [-0.1, -0.05) is 0 Å². The van der Waals surface area contributed by atoms with Gasteiger partial charge in [0.2, 0.25) is 10.0 Å². The number of hydrogen-bond donors (Lipinski definition) is 1. The number of likely N-dealkylation sites (N-methyl/N-ethyl adjacent to an activating group) is 1. The first kappa shape index (κ1) is 15.6. The van der Waals surface area contributed by atoms with Crippen molar-refractivity contribution in [2.24, 2.45) is 5.14 Å². The Labute approximate surface area is 120 Å². The molecule has 0 fully saturated rings. The van der Waals surface area contributed by atoms with Gasteiger partial charge in [-0.3, -0.25) is 4.79 Å². The van der Waals surface area contributed by atoms with Gasteiger partial charge < -0.3 is 9.64 Å². The summed E-state index contributed by atoms with van der Waals surface area (Å²) in [5.74, 6) is -0.227. The number of amides is 1.